The van der Waals surface area contributed by atoms with Crippen molar-refractivity contribution in [3.8, 4) is 5.75 Å². The summed E-state index contributed by atoms with van der Waals surface area (Å²) in [6.07, 6.45) is -6.19. The van der Waals surface area contributed by atoms with Crippen molar-refractivity contribution in [2.24, 2.45) is 0 Å². The Hall–Kier alpha value is -3.30. The van der Waals surface area contributed by atoms with Crippen LogP contribution in [0.1, 0.15) is 75.7 Å². The number of imide groups is 1. The highest BCUT2D eigenvalue weighted by Crippen LogP contribution is 2.34. The molecule has 0 spiro atoms. The number of carbonyl (C=O) groups excluding carboxylic acids is 3. The molecule has 0 radical (unpaired) electrons. The summed E-state index contributed by atoms with van der Waals surface area (Å²) in [7, 11) is 0. The number of amides is 3. The molecule has 5 rings (SSSR count). The monoisotopic (exact) mass is 529 g/mol. The molecule has 2 fully saturated rings. The van der Waals surface area contributed by atoms with Crippen LogP contribution < -0.4 is 10.1 Å². The molecule has 3 amide bonds. The molecule has 1 unspecified atom stereocenters. The van der Waals surface area contributed by atoms with Gasteiger partial charge in [-0.1, -0.05) is 24.3 Å². The molecule has 3 aliphatic heterocycles. The summed E-state index contributed by atoms with van der Waals surface area (Å²) in [4.78, 5) is 40.9. The van der Waals surface area contributed by atoms with Gasteiger partial charge in [0.05, 0.1) is 20.5 Å². The minimum Gasteiger partial charge on any atom is -0.488 e. The SMILES string of the molecule is [2H]C([2H])(Oc1cccc2c1CN(C1C(=O)NC(=O)C([2H])([2H])C1([2H])[2H])C2=O)c1cccc(CN2CC(C)(C)OC(C)(C)C2)c1F. The van der Waals surface area contributed by atoms with E-state index >= 15 is 4.39 Å². The van der Waals surface area contributed by atoms with Crippen molar-refractivity contribution in [2.75, 3.05) is 13.1 Å². The van der Waals surface area contributed by atoms with Crippen LogP contribution in [0.5, 0.6) is 5.75 Å². The van der Waals surface area contributed by atoms with Crippen LogP contribution in [0.4, 0.5) is 4.39 Å². The van der Waals surface area contributed by atoms with Crippen LogP contribution in [0, 0.1) is 5.82 Å². The smallest absolute Gasteiger partial charge is 0.255 e. The third-order valence-electron chi connectivity index (χ3n) is 6.58. The van der Waals surface area contributed by atoms with Crippen molar-refractivity contribution in [3.05, 3.63) is 64.5 Å². The molecule has 2 saturated heterocycles. The maximum Gasteiger partial charge on any atom is 0.255 e. The van der Waals surface area contributed by atoms with Crippen LogP contribution in [0.3, 0.4) is 0 Å². The summed E-state index contributed by atoms with van der Waals surface area (Å²) in [6, 6.07) is 6.53. The van der Waals surface area contributed by atoms with E-state index in [0.717, 1.165) is 4.90 Å². The number of piperidine rings is 1. The van der Waals surface area contributed by atoms with E-state index in [1.54, 1.807) is 11.4 Å². The van der Waals surface area contributed by atoms with Gasteiger partial charge in [-0.25, -0.2) is 4.39 Å². The quantitative estimate of drug-likeness (QED) is 0.576. The molecule has 0 aliphatic carbocycles. The third-order valence-corrected chi connectivity index (χ3v) is 6.58. The first-order chi connectivity index (χ1) is 20.2. The molecule has 9 heteroatoms. The average Bonchev–Trinajstić information content (AvgIpc) is 3.19. The predicted molar refractivity (Wildman–Crippen MR) is 138 cm³/mol. The Labute approximate surface area is 230 Å². The van der Waals surface area contributed by atoms with Crippen molar-refractivity contribution in [1.29, 1.82) is 0 Å². The summed E-state index contributed by atoms with van der Waals surface area (Å²) in [5.41, 5.74) is -0.957. The minimum absolute atomic E-state index is 0.0221. The highest BCUT2D eigenvalue weighted by Gasteiger charge is 2.40. The van der Waals surface area contributed by atoms with Gasteiger partial charge in [0, 0.05) is 53.7 Å². The summed E-state index contributed by atoms with van der Waals surface area (Å²) >= 11 is 0. The lowest BCUT2D eigenvalue weighted by atomic mass is 9.98. The Kier molecular flexibility index (Phi) is 5.08. The standard InChI is InChI=1S/C29H34FN3O5/c1-28(2)16-32(17-29(3,4)38-28)13-18-7-5-8-19(25(18)30)15-37-23-10-6-9-20-21(23)14-33(27(20)36)22-11-12-24(34)31-26(22)35/h5-10,22H,11-17H2,1-4H3,(H,31,34,35)/i11D2,12D2,15D2. The molecule has 2 aromatic rings. The predicted octanol–water partition coefficient (Wildman–Crippen LogP) is 3.56. The van der Waals surface area contributed by atoms with E-state index in [0.29, 0.717) is 13.1 Å². The van der Waals surface area contributed by atoms with Gasteiger partial charge in [-0.15, -0.1) is 0 Å². The van der Waals surface area contributed by atoms with Crippen molar-refractivity contribution >= 4 is 17.7 Å². The second-order valence-corrected chi connectivity index (χ2v) is 11.0. The number of hydrogen-bond donors (Lipinski definition) is 1. The van der Waals surface area contributed by atoms with Gasteiger partial charge in [-0.2, -0.15) is 0 Å². The van der Waals surface area contributed by atoms with Crippen LogP contribution in [-0.2, 0) is 34.0 Å². The van der Waals surface area contributed by atoms with E-state index in [-0.39, 0.29) is 34.5 Å². The second kappa shape index (κ2) is 9.78. The van der Waals surface area contributed by atoms with E-state index in [9.17, 15) is 14.4 Å². The largest absolute Gasteiger partial charge is 0.488 e. The van der Waals surface area contributed by atoms with Gasteiger partial charge < -0.3 is 14.4 Å². The van der Waals surface area contributed by atoms with E-state index in [2.05, 4.69) is 0 Å². The molecular formula is C29H34FN3O5. The highest BCUT2D eigenvalue weighted by molar-refractivity contribution is 6.05. The molecule has 1 N–H and O–H groups in total. The normalized spacial score (nSPS) is 28.2. The van der Waals surface area contributed by atoms with Crippen molar-refractivity contribution in [1.82, 2.24) is 15.1 Å². The molecule has 38 heavy (non-hydrogen) atoms. The summed E-state index contributed by atoms with van der Waals surface area (Å²) in [5, 5.41) is 1.79. The van der Waals surface area contributed by atoms with Gasteiger partial charge in [-0.05, 0) is 46.2 Å². The number of halogens is 1. The Balaban J connectivity index is 1.41. The number of nitrogens with one attached hydrogen (secondary N) is 1. The molecule has 202 valence electrons. The molecule has 0 saturated carbocycles. The van der Waals surface area contributed by atoms with E-state index in [4.69, 9.17) is 17.7 Å². The topological polar surface area (TPSA) is 88.2 Å². The highest BCUT2D eigenvalue weighted by atomic mass is 19.1. The van der Waals surface area contributed by atoms with Crippen molar-refractivity contribution < 1.29 is 36.5 Å². The molecule has 0 bridgehead atoms. The van der Waals surface area contributed by atoms with Crippen LogP contribution >= 0.6 is 0 Å². The molecule has 8 nitrogen and oxygen atoms in total. The Morgan fingerprint density at radius 2 is 1.79 bits per heavy atom. The first-order valence-corrected chi connectivity index (χ1v) is 12.3. The minimum atomic E-state index is -3.12. The number of ether oxygens (including phenoxy) is 2. The number of nitrogens with zero attached hydrogens (tertiary/aromatic N) is 2. The fourth-order valence-electron chi connectivity index (χ4n) is 5.45. The molecule has 3 heterocycles. The van der Waals surface area contributed by atoms with Gasteiger partial charge in [0.2, 0.25) is 11.8 Å². The number of rotatable bonds is 6. The van der Waals surface area contributed by atoms with Crippen LogP contribution in [0.25, 0.3) is 0 Å². The van der Waals surface area contributed by atoms with Crippen molar-refractivity contribution in [3.63, 3.8) is 0 Å². The first kappa shape index (κ1) is 19.7. The van der Waals surface area contributed by atoms with Gasteiger partial charge in [-0.3, -0.25) is 24.6 Å². The maximum atomic E-state index is 15.9. The van der Waals surface area contributed by atoms with Gasteiger partial charge >= 0.3 is 0 Å². The second-order valence-electron chi connectivity index (χ2n) is 11.0. The van der Waals surface area contributed by atoms with E-state index < -0.39 is 66.6 Å². The molecule has 1 atom stereocenters. The molecule has 3 aliphatic rings. The van der Waals surface area contributed by atoms with Gasteiger partial charge in [0.1, 0.15) is 24.2 Å². The van der Waals surface area contributed by atoms with Gasteiger partial charge in [0.25, 0.3) is 5.91 Å². The average molecular weight is 530 g/mol. The Morgan fingerprint density at radius 1 is 1.11 bits per heavy atom. The molecular weight excluding hydrogens is 489 g/mol. The summed E-state index contributed by atoms with van der Waals surface area (Å²) in [5.74, 6) is -4.38. The lowest BCUT2D eigenvalue weighted by Gasteiger charge is -2.47. The Morgan fingerprint density at radius 3 is 2.53 bits per heavy atom. The fourth-order valence-corrected chi connectivity index (χ4v) is 5.45. The number of carbonyl (C=O) groups is 3. The summed E-state index contributed by atoms with van der Waals surface area (Å²) < 4.78 is 77.5. The Bertz CT molecular complexity index is 1530. The van der Waals surface area contributed by atoms with Gasteiger partial charge in [0.15, 0.2) is 0 Å². The third kappa shape index (κ3) is 5.31. The van der Waals surface area contributed by atoms with Crippen LogP contribution in [0.15, 0.2) is 36.4 Å². The first-order valence-electron chi connectivity index (χ1n) is 15.3. The fraction of sp³-hybridized carbons (Fsp3) is 0.483. The zero-order valence-electron chi connectivity index (χ0n) is 27.7. The number of morpholine rings is 1. The van der Waals surface area contributed by atoms with E-state index in [1.165, 1.54) is 30.3 Å². The van der Waals surface area contributed by atoms with Crippen molar-refractivity contribution in [2.45, 2.75) is 77.3 Å². The lowest BCUT2D eigenvalue weighted by Crippen LogP contribution is -2.56. The summed E-state index contributed by atoms with van der Waals surface area (Å²) in [6.45, 7) is 5.95. The molecule has 2 aromatic carbocycles. The number of hydrogen-bond acceptors (Lipinski definition) is 6. The van der Waals surface area contributed by atoms with Crippen LogP contribution in [-0.4, -0.2) is 57.9 Å². The zero-order chi connectivity index (χ0) is 32.6. The zero-order valence-corrected chi connectivity index (χ0v) is 21.7. The number of benzene rings is 2. The van der Waals surface area contributed by atoms with E-state index in [1.807, 2.05) is 32.6 Å². The maximum absolute atomic E-state index is 15.9. The lowest BCUT2D eigenvalue weighted by molar-refractivity contribution is -0.182. The van der Waals surface area contributed by atoms with Crippen LogP contribution in [0.2, 0.25) is 0 Å². The molecule has 0 aromatic heterocycles. The number of fused-ring (bicyclic) bond motifs is 1.